The van der Waals surface area contributed by atoms with Gasteiger partial charge in [0.2, 0.25) is 5.91 Å². The van der Waals surface area contributed by atoms with E-state index in [-0.39, 0.29) is 23.6 Å². The molecule has 1 heterocycles. The lowest BCUT2D eigenvalue weighted by Crippen LogP contribution is -2.45. The summed E-state index contributed by atoms with van der Waals surface area (Å²) < 4.78 is 22.2. The lowest BCUT2D eigenvalue weighted by Gasteiger charge is -2.34. The number of benzene rings is 1. The third-order valence-electron chi connectivity index (χ3n) is 5.84. The molecule has 32 heavy (non-hydrogen) atoms. The number of anilines is 1. The molecule has 1 aliphatic rings. The number of carbonyl (C=O) groups is 2. The predicted octanol–water partition coefficient (Wildman–Crippen LogP) is 5.49. The molecule has 1 aliphatic carbocycles. The van der Waals surface area contributed by atoms with E-state index in [1.54, 1.807) is 17.2 Å². The number of hydrogen-bond acceptors (Lipinski definition) is 6. The first-order valence-electron chi connectivity index (χ1n) is 10.9. The van der Waals surface area contributed by atoms with Crippen LogP contribution < -0.4 is 9.64 Å². The molecule has 8 heteroatoms. The fourth-order valence-corrected chi connectivity index (χ4v) is 6.14. The summed E-state index contributed by atoms with van der Waals surface area (Å²) in [6.45, 7) is 4.11. The van der Waals surface area contributed by atoms with Crippen molar-refractivity contribution in [2.45, 2.75) is 45.6 Å². The number of thiophene rings is 1. The van der Waals surface area contributed by atoms with Crippen LogP contribution in [-0.4, -0.2) is 41.4 Å². The summed E-state index contributed by atoms with van der Waals surface area (Å²) >= 11 is 1.39. The molecule has 1 amide bonds. The van der Waals surface area contributed by atoms with E-state index in [2.05, 4.69) is 6.92 Å². The van der Waals surface area contributed by atoms with Crippen molar-refractivity contribution in [2.24, 2.45) is 11.8 Å². The van der Waals surface area contributed by atoms with Gasteiger partial charge in [-0.15, -0.1) is 11.3 Å². The van der Waals surface area contributed by atoms with Gasteiger partial charge in [0.05, 0.1) is 7.11 Å². The molecule has 174 valence electrons. The van der Waals surface area contributed by atoms with Crippen molar-refractivity contribution in [1.82, 2.24) is 0 Å². The van der Waals surface area contributed by atoms with Crippen LogP contribution in [0, 0.1) is 11.8 Å². The number of amides is 1. The van der Waals surface area contributed by atoms with Gasteiger partial charge in [0.25, 0.3) is 0 Å². The van der Waals surface area contributed by atoms with Crippen LogP contribution in [0.25, 0.3) is 10.4 Å². The number of hydrogen-bond donors (Lipinski definition) is 0. The van der Waals surface area contributed by atoms with Gasteiger partial charge in [-0.1, -0.05) is 37.3 Å². The molecule has 0 N–H and O–H groups in total. The summed E-state index contributed by atoms with van der Waals surface area (Å²) in [6, 6.07) is 11.2. The maximum atomic E-state index is 13.7. The van der Waals surface area contributed by atoms with Gasteiger partial charge >= 0.3 is 6.16 Å². The largest absolute Gasteiger partial charge is 0.513 e. The Hall–Kier alpha value is -2.19. The molecule has 1 fully saturated rings. The van der Waals surface area contributed by atoms with Crippen LogP contribution in [0.4, 0.5) is 9.80 Å². The number of nitrogens with zero attached hydrogens (tertiary/aromatic N) is 1. The minimum Gasteiger partial charge on any atom is -0.437 e. The highest BCUT2D eigenvalue weighted by molar-refractivity contribution is 7.84. The first-order valence-corrected chi connectivity index (χ1v) is 13.4. The summed E-state index contributed by atoms with van der Waals surface area (Å²) in [7, 11) is 0.164. The molecule has 0 bridgehead atoms. The van der Waals surface area contributed by atoms with E-state index < -0.39 is 17.0 Å². The van der Waals surface area contributed by atoms with Crippen molar-refractivity contribution >= 4 is 39.2 Å². The SMILES string of the molecule is COC(=O)Oc1cc(-c2ccccc2)sc1N(C(=O)C1CCC(C)CC1)C(C)CS(C)=O. The van der Waals surface area contributed by atoms with Gasteiger partial charge in [0, 0.05) is 45.7 Å². The third-order valence-corrected chi connectivity index (χ3v) is 7.95. The highest BCUT2D eigenvalue weighted by atomic mass is 32.2. The highest BCUT2D eigenvalue weighted by Gasteiger charge is 2.35. The Balaban J connectivity index is 2.04. The van der Waals surface area contributed by atoms with E-state index in [9.17, 15) is 13.8 Å². The molecule has 2 atom stereocenters. The van der Waals surface area contributed by atoms with Crippen molar-refractivity contribution in [2.75, 3.05) is 24.0 Å². The molecule has 0 spiro atoms. The van der Waals surface area contributed by atoms with Gasteiger partial charge in [-0.2, -0.15) is 0 Å². The minimum absolute atomic E-state index is 0.00558. The zero-order valence-corrected chi connectivity index (χ0v) is 20.7. The van der Waals surface area contributed by atoms with Crippen molar-refractivity contribution in [3.63, 3.8) is 0 Å². The van der Waals surface area contributed by atoms with E-state index in [1.165, 1.54) is 18.4 Å². The van der Waals surface area contributed by atoms with E-state index in [0.717, 1.165) is 36.1 Å². The molecule has 3 rings (SSSR count). The minimum atomic E-state index is -1.09. The summed E-state index contributed by atoms with van der Waals surface area (Å²) in [5.74, 6) is 1.16. The standard InChI is InChI=1S/C24H31NO5S2/c1-16-10-12-19(13-11-16)22(26)25(17(2)15-32(4)28)23-20(30-24(27)29-3)14-21(31-23)18-8-6-5-7-9-18/h5-9,14,16-17,19H,10-13,15H2,1-4H3. The molecular formula is C24H31NO5S2. The Morgan fingerprint density at radius 2 is 1.84 bits per heavy atom. The molecule has 1 aromatic heterocycles. The average molecular weight is 478 g/mol. The molecule has 1 aromatic carbocycles. The molecule has 1 saturated carbocycles. The van der Waals surface area contributed by atoms with Gasteiger partial charge in [-0.05, 0) is 44.1 Å². The summed E-state index contributed by atoms with van der Waals surface area (Å²) in [5.41, 5.74) is 0.962. The van der Waals surface area contributed by atoms with Crippen molar-refractivity contribution in [1.29, 1.82) is 0 Å². The highest BCUT2D eigenvalue weighted by Crippen LogP contribution is 2.45. The molecule has 6 nitrogen and oxygen atoms in total. The molecule has 2 unspecified atom stereocenters. The number of rotatable bonds is 7. The van der Waals surface area contributed by atoms with Gasteiger partial charge in [0.15, 0.2) is 5.75 Å². The summed E-state index contributed by atoms with van der Waals surface area (Å²) in [5, 5.41) is 0.552. The molecule has 2 aromatic rings. The number of methoxy groups -OCH3 is 1. The van der Waals surface area contributed by atoms with Crippen molar-refractivity contribution in [3.8, 4) is 16.2 Å². The Morgan fingerprint density at radius 1 is 1.19 bits per heavy atom. The Morgan fingerprint density at radius 3 is 2.44 bits per heavy atom. The van der Waals surface area contributed by atoms with Crippen LogP contribution in [0.2, 0.25) is 0 Å². The van der Waals surface area contributed by atoms with E-state index in [0.29, 0.717) is 16.7 Å². The second-order valence-corrected chi connectivity index (χ2v) is 11.0. The molecule has 0 radical (unpaired) electrons. The Labute approximate surface area is 196 Å². The van der Waals surface area contributed by atoms with E-state index in [1.807, 2.05) is 37.3 Å². The maximum Gasteiger partial charge on any atom is 0.513 e. The fraction of sp³-hybridized carbons (Fsp3) is 0.500. The second kappa shape index (κ2) is 11.1. The van der Waals surface area contributed by atoms with Crippen LogP contribution in [0.15, 0.2) is 36.4 Å². The number of carbonyl (C=O) groups excluding carboxylic acids is 2. The average Bonchev–Trinajstić information content (AvgIpc) is 3.17. The van der Waals surface area contributed by atoms with Crippen LogP contribution in [0.3, 0.4) is 0 Å². The summed E-state index contributed by atoms with van der Waals surface area (Å²) in [4.78, 5) is 28.3. The van der Waals surface area contributed by atoms with Gasteiger partial charge < -0.3 is 9.47 Å². The van der Waals surface area contributed by atoms with Gasteiger partial charge in [-0.25, -0.2) is 4.79 Å². The lowest BCUT2D eigenvalue weighted by atomic mass is 9.82. The smallest absolute Gasteiger partial charge is 0.437 e. The van der Waals surface area contributed by atoms with E-state index >= 15 is 0 Å². The Kier molecular flexibility index (Phi) is 8.48. The van der Waals surface area contributed by atoms with Crippen LogP contribution in [0.5, 0.6) is 5.75 Å². The molecule has 0 aliphatic heterocycles. The lowest BCUT2D eigenvalue weighted by molar-refractivity contribution is -0.123. The second-order valence-electron chi connectivity index (χ2n) is 8.46. The van der Waals surface area contributed by atoms with Crippen LogP contribution in [0.1, 0.15) is 39.5 Å². The first-order chi connectivity index (χ1) is 15.3. The quantitative estimate of drug-likeness (QED) is 0.493. The summed E-state index contributed by atoms with van der Waals surface area (Å²) in [6.07, 6.45) is 4.50. The van der Waals surface area contributed by atoms with Crippen molar-refractivity contribution < 1.29 is 23.3 Å². The zero-order chi connectivity index (χ0) is 23.3. The third kappa shape index (κ3) is 5.98. The monoisotopic (exact) mass is 477 g/mol. The predicted molar refractivity (Wildman–Crippen MR) is 130 cm³/mol. The van der Waals surface area contributed by atoms with E-state index in [4.69, 9.17) is 9.47 Å². The fourth-order valence-electron chi connectivity index (χ4n) is 4.12. The first kappa shape index (κ1) is 24.5. The topological polar surface area (TPSA) is 72.9 Å². The van der Waals surface area contributed by atoms with Gasteiger partial charge in [-0.3, -0.25) is 13.9 Å². The normalized spacial score (nSPS) is 20.2. The molecule has 0 saturated heterocycles. The van der Waals surface area contributed by atoms with Crippen LogP contribution >= 0.6 is 11.3 Å². The molecular weight excluding hydrogens is 446 g/mol. The Bertz CT molecular complexity index is 951. The maximum absolute atomic E-state index is 13.7. The van der Waals surface area contributed by atoms with Gasteiger partial charge in [0.1, 0.15) is 5.00 Å². The van der Waals surface area contributed by atoms with Crippen LogP contribution in [-0.2, 0) is 20.3 Å². The number of ether oxygens (including phenoxy) is 2. The van der Waals surface area contributed by atoms with Crippen molar-refractivity contribution in [3.05, 3.63) is 36.4 Å². The zero-order valence-electron chi connectivity index (χ0n) is 19.0.